The van der Waals surface area contributed by atoms with Gasteiger partial charge < -0.3 is 10.2 Å². The molecule has 0 saturated heterocycles. The third kappa shape index (κ3) is 3.45. The Labute approximate surface area is 169 Å². The molecular weight excluding hydrogens is 372 g/mol. The highest BCUT2D eigenvalue weighted by atomic mass is 35.5. The first kappa shape index (κ1) is 18.4. The molecule has 5 nitrogen and oxygen atoms in total. The number of carbonyl (C=O) groups excluding carboxylic acids is 1. The lowest BCUT2D eigenvalue weighted by Gasteiger charge is -2.23. The van der Waals surface area contributed by atoms with Gasteiger partial charge in [-0.2, -0.15) is 0 Å². The van der Waals surface area contributed by atoms with E-state index in [0.717, 1.165) is 23.4 Å². The second-order valence-corrected chi connectivity index (χ2v) is 7.60. The van der Waals surface area contributed by atoms with Crippen LogP contribution in [0.3, 0.4) is 0 Å². The normalized spacial score (nSPS) is 15.4. The van der Waals surface area contributed by atoms with E-state index in [1.807, 2.05) is 32.0 Å². The van der Waals surface area contributed by atoms with Gasteiger partial charge in [-0.3, -0.25) is 4.79 Å². The summed E-state index contributed by atoms with van der Waals surface area (Å²) in [5.74, 6) is 0.266. The molecule has 0 bridgehead atoms. The third-order valence-electron chi connectivity index (χ3n) is 4.95. The predicted octanol–water partition coefficient (Wildman–Crippen LogP) is 5.08. The van der Waals surface area contributed by atoms with E-state index in [1.54, 1.807) is 18.2 Å². The van der Waals surface area contributed by atoms with Crippen molar-refractivity contribution in [3.8, 4) is 0 Å². The summed E-state index contributed by atoms with van der Waals surface area (Å²) < 4.78 is 0. The number of nitrogens with zero attached hydrogens (tertiary/aromatic N) is 3. The molecule has 0 saturated carbocycles. The lowest BCUT2D eigenvalue weighted by molar-refractivity contribution is 0.102. The van der Waals surface area contributed by atoms with Crippen molar-refractivity contribution in [2.45, 2.75) is 33.2 Å². The Hall–Kier alpha value is -2.92. The highest BCUT2D eigenvalue weighted by molar-refractivity contribution is 6.31. The van der Waals surface area contributed by atoms with Gasteiger partial charge in [0, 0.05) is 28.1 Å². The predicted molar refractivity (Wildman–Crippen MR) is 113 cm³/mol. The summed E-state index contributed by atoms with van der Waals surface area (Å²) in [5.41, 5.74) is 5.05. The molecule has 142 valence electrons. The zero-order valence-electron chi connectivity index (χ0n) is 16.0. The van der Waals surface area contributed by atoms with Crippen LogP contribution < -0.4 is 10.2 Å². The molecule has 0 aliphatic carbocycles. The maximum Gasteiger partial charge on any atom is 0.274 e. The van der Waals surface area contributed by atoms with Gasteiger partial charge in [-0.05, 0) is 62.6 Å². The van der Waals surface area contributed by atoms with Crippen molar-refractivity contribution in [3.63, 3.8) is 0 Å². The van der Waals surface area contributed by atoms with Crippen molar-refractivity contribution in [3.05, 3.63) is 76.1 Å². The molecule has 1 atom stereocenters. The fraction of sp³-hybridized carbons (Fsp3) is 0.227. The van der Waals surface area contributed by atoms with Crippen molar-refractivity contribution < 1.29 is 4.79 Å². The fourth-order valence-corrected chi connectivity index (χ4v) is 3.73. The maximum absolute atomic E-state index is 12.9. The molecule has 0 fully saturated rings. The van der Waals surface area contributed by atoms with Gasteiger partial charge in [-0.1, -0.05) is 35.9 Å². The van der Waals surface area contributed by atoms with Crippen molar-refractivity contribution in [2.24, 2.45) is 0 Å². The zero-order chi connectivity index (χ0) is 19.8. The second-order valence-electron chi connectivity index (χ2n) is 7.16. The van der Waals surface area contributed by atoms with Gasteiger partial charge in [0.25, 0.3) is 5.91 Å². The highest BCUT2D eigenvalue weighted by Gasteiger charge is 2.29. The van der Waals surface area contributed by atoms with Crippen molar-refractivity contribution in [1.82, 2.24) is 9.97 Å². The highest BCUT2D eigenvalue weighted by Crippen LogP contribution is 2.36. The quantitative estimate of drug-likeness (QED) is 0.675. The number of rotatable bonds is 3. The molecule has 1 aromatic heterocycles. The van der Waals surface area contributed by atoms with Gasteiger partial charge in [0.2, 0.25) is 5.95 Å². The van der Waals surface area contributed by atoms with Crippen LogP contribution in [0.1, 0.15) is 34.2 Å². The van der Waals surface area contributed by atoms with Crippen LogP contribution in [0.25, 0.3) is 0 Å². The van der Waals surface area contributed by atoms with Crippen molar-refractivity contribution in [2.75, 3.05) is 10.2 Å². The number of anilines is 3. The van der Waals surface area contributed by atoms with Crippen LogP contribution in [0.15, 0.2) is 48.5 Å². The third-order valence-corrected chi connectivity index (χ3v) is 5.18. The molecular formula is C22H21ClN4O. The van der Waals surface area contributed by atoms with Crippen LogP contribution in [-0.4, -0.2) is 21.9 Å². The Morgan fingerprint density at radius 2 is 1.93 bits per heavy atom. The van der Waals surface area contributed by atoms with E-state index in [2.05, 4.69) is 39.2 Å². The van der Waals surface area contributed by atoms with E-state index >= 15 is 0 Å². The molecule has 1 N–H and O–H groups in total. The number of hydrogen-bond acceptors (Lipinski definition) is 4. The van der Waals surface area contributed by atoms with Crippen LogP contribution in [0.2, 0.25) is 5.02 Å². The number of aromatic nitrogens is 2. The molecule has 0 spiro atoms. The summed E-state index contributed by atoms with van der Waals surface area (Å²) >= 11 is 6.06. The first-order chi connectivity index (χ1) is 13.4. The number of para-hydroxylation sites is 1. The molecule has 2 aromatic carbocycles. The summed E-state index contributed by atoms with van der Waals surface area (Å²) in [7, 11) is 0. The number of nitrogens with one attached hydrogen (secondary N) is 1. The maximum atomic E-state index is 12.9. The molecule has 2 heterocycles. The number of halogens is 1. The average molecular weight is 393 g/mol. The Kier molecular flexibility index (Phi) is 4.77. The summed E-state index contributed by atoms with van der Waals surface area (Å²) in [6, 6.07) is 15.6. The summed E-state index contributed by atoms with van der Waals surface area (Å²) in [4.78, 5) is 24.1. The van der Waals surface area contributed by atoms with E-state index < -0.39 is 0 Å². The van der Waals surface area contributed by atoms with Gasteiger partial charge in [-0.25, -0.2) is 9.97 Å². The Morgan fingerprint density at radius 3 is 2.75 bits per heavy atom. The molecule has 1 aliphatic heterocycles. The lowest BCUT2D eigenvalue weighted by atomic mass is 10.1. The van der Waals surface area contributed by atoms with E-state index in [0.29, 0.717) is 22.4 Å². The topological polar surface area (TPSA) is 58.1 Å². The van der Waals surface area contributed by atoms with Crippen molar-refractivity contribution >= 4 is 34.8 Å². The minimum absolute atomic E-state index is 0.227. The molecule has 1 aliphatic rings. The smallest absolute Gasteiger partial charge is 0.274 e. The van der Waals surface area contributed by atoms with Gasteiger partial charge in [0.15, 0.2) is 0 Å². The first-order valence-electron chi connectivity index (χ1n) is 9.22. The van der Waals surface area contributed by atoms with Gasteiger partial charge in [0.05, 0.1) is 0 Å². The van der Waals surface area contributed by atoms with Crippen LogP contribution in [-0.2, 0) is 6.42 Å². The molecule has 1 unspecified atom stereocenters. The summed E-state index contributed by atoms with van der Waals surface area (Å²) in [5, 5.41) is 3.48. The fourth-order valence-electron chi connectivity index (χ4n) is 3.56. The number of fused-ring (bicyclic) bond motifs is 1. The molecule has 4 rings (SSSR count). The number of aryl methyl sites for hydroxylation is 2. The van der Waals surface area contributed by atoms with E-state index in [-0.39, 0.29) is 11.9 Å². The van der Waals surface area contributed by atoms with E-state index in [4.69, 9.17) is 11.6 Å². The molecule has 1 amide bonds. The first-order valence-corrected chi connectivity index (χ1v) is 9.60. The average Bonchev–Trinajstić information content (AvgIpc) is 3.00. The monoisotopic (exact) mass is 392 g/mol. The SMILES string of the molecule is Cc1cc(C(=O)Nc2cc(Cl)ccc2C)nc(N2c3ccccc3CC2C)n1. The number of benzene rings is 2. The zero-order valence-corrected chi connectivity index (χ0v) is 16.8. The van der Waals surface area contributed by atoms with E-state index in [1.165, 1.54) is 5.56 Å². The second kappa shape index (κ2) is 7.24. The summed E-state index contributed by atoms with van der Waals surface area (Å²) in [6.45, 7) is 5.94. The number of amides is 1. The largest absolute Gasteiger partial charge is 0.320 e. The van der Waals surface area contributed by atoms with Gasteiger partial charge >= 0.3 is 0 Å². The van der Waals surface area contributed by atoms with E-state index in [9.17, 15) is 4.79 Å². The van der Waals surface area contributed by atoms with Crippen LogP contribution >= 0.6 is 11.6 Å². The lowest BCUT2D eigenvalue weighted by Crippen LogP contribution is -2.27. The molecule has 3 aromatic rings. The van der Waals surface area contributed by atoms with Crippen LogP contribution in [0, 0.1) is 13.8 Å². The molecule has 6 heteroatoms. The minimum Gasteiger partial charge on any atom is -0.320 e. The van der Waals surface area contributed by atoms with Gasteiger partial charge in [-0.15, -0.1) is 0 Å². The Morgan fingerprint density at radius 1 is 1.14 bits per heavy atom. The minimum atomic E-state index is -0.280. The standard InChI is InChI=1S/C22H21ClN4O/c1-13-8-9-17(23)12-18(13)25-21(28)19-10-14(2)24-22(26-19)27-15(3)11-16-6-4-5-7-20(16)27/h4-10,12,15H,11H2,1-3H3,(H,25,28). The Bertz CT molecular complexity index is 1070. The number of hydrogen-bond donors (Lipinski definition) is 1. The molecule has 28 heavy (non-hydrogen) atoms. The number of carbonyl (C=O) groups is 1. The van der Waals surface area contributed by atoms with Crippen molar-refractivity contribution in [1.29, 1.82) is 0 Å². The molecule has 0 radical (unpaired) electrons. The summed E-state index contributed by atoms with van der Waals surface area (Å²) in [6.07, 6.45) is 0.927. The van der Waals surface area contributed by atoms with Gasteiger partial charge in [0.1, 0.15) is 5.69 Å². The Balaban J connectivity index is 1.68. The van der Waals surface area contributed by atoms with Crippen LogP contribution in [0.5, 0.6) is 0 Å². The van der Waals surface area contributed by atoms with Crippen LogP contribution in [0.4, 0.5) is 17.3 Å².